The third-order valence-electron chi connectivity index (χ3n) is 5.85. The lowest BCUT2D eigenvalue weighted by Gasteiger charge is -2.39. The van der Waals surface area contributed by atoms with E-state index in [4.69, 9.17) is 5.26 Å². The van der Waals surface area contributed by atoms with Gasteiger partial charge in [-0.2, -0.15) is 10.2 Å². The van der Waals surface area contributed by atoms with Crippen LogP contribution in [-0.2, 0) is 4.79 Å². The van der Waals surface area contributed by atoms with Gasteiger partial charge < -0.3 is 25.9 Å². The lowest BCUT2D eigenvalue weighted by Crippen LogP contribution is -2.60. The van der Waals surface area contributed by atoms with Crippen molar-refractivity contribution in [2.24, 2.45) is 0 Å². The van der Waals surface area contributed by atoms with Crippen molar-refractivity contribution in [3.63, 3.8) is 0 Å². The second-order valence-corrected chi connectivity index (χ2v) is 8.55. The molecule has 1 aromatic carbocycles. The Labute approximate surface area is 207 Å². The SMILES string of the molecule is BN1CCCC[C@]1(O)C(=O)NCCCC#Cc1cnc(Nc2ccc(C#N)cc2)nc1NCCC. The van der Waals surface area contributed by atoms with Crippen molar-refractivity contribution >= 4 is 31.3 Å². The van der Waals surface area contributed by atoms with Gasteiger partial charge in [0.2, 0.25) is 5.95 Å². The summed E-state index contributed by atoms with van der Waals surface area (Å²) in [5.74, 6) is 7.00. The first-order valence-corrected chi connectivity index (χ1v) is 12.0. The fraction of sp³-hybridized carbons (Fsp3) is 0.440. The molecule has 1 aliphatic rings. The minimum Gasteiger partial charge on any atom is -0.369 e. The van der Waals surface area contributed by atoms with Crippen LogP contribution < -0.4 is 16.0 Å². The highest BCUT2D eigenvalue weighted by Crippen LogP contribution is 2.24. The highest BCUT2D eigenvalue weighted by Gasteiger charge is 2.40. The number of rotatable bonds is 9. The Balaban J connectivity index is 1.55. The van der Waals surface area contributed by atoms with Crippen molar-refractivity contribution in [3.8, 4) is 17.9 Å². The molecule has 1 aromatic heterocycles. The summed E-state index contributed by atoms with van der Waals surface area (Å²) in [6.07, 6.45) is 6.18. The Hall–Kier alpha value is -3.60. The van der Waals surface area contributed by atoms with Gasteiger partial charge in [-0.05, 0) is 62.9 Å². The molecule has 1 saturated heterocycles. The number of aliphatic hydroxyl groups is 1. The maximum absolute atomic E-state index is 12.4. The van der Waals surface area contributed by atoms with Gasteiger partial charge in [-0.3, -0.25) is 4.79 Å². The van der Waals surface area contributed by atoms with Gasteiger partial charge >= 0.3 is 0 Å². The van der Waals surface area contributed by atoms with Crippen LogP contribution in [0.15, 0.2) is 30.5 Å². The minimum absolute atomic E-state index is 0.336. The van der Waals surface area contributed by atoms with Crippen molar-refractivity contribution in [2.75, 3.05) is 30.3 Å². The Morgan fingerprint density at radius 3 is 2.80 bits per heavy atom. The van der Waals surface area contributed by atoms with E-state index in [1.807, 2.05) is 0 Å². The summed E-state index contributed by atoms with van der Waals surface area (Å²) in [6, 6.07) is 9.17. The number of nitrogens with zero attached hydrogens (tertiary/aromatic N) is 4. The second kappa shape index (κ2) is 12.8. The van der Waals surface area contributed by atoms with Crippen LogP contribution in [0.1, 0.15) is 56.6 Å². The number of benzene rings is 1. The summed E-state index contributed by atoms with van der Waals surface area (Å²) >= 11 is 0. The zero-order valence-corrected chi connectivity index (χ0v) is 20.4. The average molecular weight is 473 g/mol. The highest BCUT2D eigenvalue weighted by atomic mass is 16.3. The Morgan fingerprint density at radius 1 is 1.29 bits per heavy atom. The van der Waals surface area contributed by atoms with Crippen LogP contribution in [0.4, 0.5) is 17.5 Å². The minimum atomic E-state index is -1.41. The summed E-state index contributed by atoms with van der Waals surface area (Å²) in [5.41, 5.74) is 0.667. The predicted molar refractivity (Wildman–Crippen MR) is 138 cm³/mol. The van der Waals surface area contributed by atoms with E-state index >= 15 is 0 Å². The molecule has 1 atom stereocenters. The van der Waals surface area contributed by atoms with Crippen LogP contribution in [0.25, 0.3) is 0 Å². The molecule has 0 spiro atoms. The monoisotopic (exact) mass is 473 g/mol. The molecule has 1 fully saturated rings. The maximum Gasteiger partial charge on any atom is 0.266 e. The number of aromatic nitrogens is 2. The van der Waals surface area contributed by atoms with E-state index in [1.165, 1.54) is 0 Å². The Morgan fingerprint density at radius 2 is 2.09 bits per heavy atom. The molecule has 2 heterocycles. The number of nitriles is 1. The normalized spacial score (nSPS) is 17.5. The molecular weight excluding hydrogens is 441 g/mol. The van der Waals surface area contributed by atoms with Gasteiger partial charge in [0.25, 0.3) is 5.91 Å². The van der Waals surface area contributed by atoms with E-state index in [2.05, 4.69) is 50.8 Å². The summed E-state index contributed by atoms with van der Waals surface area (Å²) in [6.45, 7) is 4.00. The van der Waals surface area contributed by atoms with E-state index in [1.54, 1.807) is 43.3 Å². The van der Waals surface area contributed by atoms with Crippen LogP contribution in [0.2, 0.25) is 0 Å². The molecule has 3 rings (SSSR count). The van der Waals surface area contributed by atoms with E-state index in [-0.39, 0.29) is 5.91 Å². The Kier molecular flexibility index (Phi) is 9.48. The van der Waals surface area contributed by atoms with Gasteiger partial charge in [0.1, 0.15) is 5.82 Å². The fourth-order valence-corrected chi connectivity index (χ4v) is 3.73. The van der Waals surface area contributed by atoms with Crippen LogP contribution in [0, 0.1) is 23.2 Å². The molecule has 2 aromatic rings. The van der Waals surface area contributed by atoms with Crippen molar-refractivity contribution in [3.05, 3.63) is 41.6 Å². The zero-order valence-electron chi connectivity index (χ0n) is 20.4. The molecule has 9 nitrogen and oxygen atoms in total. The van der Waals surface area contributed by atoms with Crippen molar-refractivity contribution in [1.29, 1.82) is 5.26 Å². The number of carbonyl (C=O) groups is 1. The smallest absolute Gasteiger partial charge is 0.266 e. The van der Waals surface area contributed by atoms with Crippen molar-refractivity contribution in [2.45, 2.75) is 51.2 Å². The van der Waals surface area contributed by atoms with Gasteiger partial charge in [-0.15, -0.1) is 0 Å². The first kappa shape index (κ1) is 26.0. The van der Waals surface area contributed by atoms with Gasteiger partial charge in [-0.25, -0.2) is 4.98 Å². The van der Waals surface area contributed by atoms with E-state index in [9.17, 15) is 9.90 Å². The van der Waals surface area contributed by atoms with E-state index in [0.717, 1.165) is 31.5 Å². The number of anilines is 3. The van der Waals surface area contributed by atoms with Gasteiger partial charge in [0.15, 0.2) is 13.7 Å². The molecule has 0 radical (unpaired) electrons. The molecule has 4 N–H and O–H groups in total. The lowest BCUT2D eigenvalue weighted by molar-refractivity contribution is -0.158. The second-order valence-electron chi connectivity index (χ2n) is 8.55. The molecule has 182 valence electrons. The first-order valence-electron chi connectivity index (χ1n) is 12.0. The number of piperidine rings is 1. The highest BCUT2D eigenvalue weighted by molar-refractivity contribution is 6.07. The number of hydrogen-bond donors (Lipinski definition) is 4. The summed E-state index contributed by atoms with van der Waals surface area (Å²) < 4.78 is 0. The maximum atomic E-state index is 12.4. The van der Waals surface area contributed by atoms with Gasteiger partial charge in [0.05, 0.1) is 23.4 Å². The fourth-order valence-electron chi connectivity index (χ4n) is 3.73. The summed E-state index contributed by atoms with van der Waals surface area (Å²) in [5, 5.41) is 28.9. The van der Waals surface area contributed by atoms with Crippen LogP contribution in [0.5, 0.6) is 0 Å². The molecule has 1 amide bonds. The molecule has 10 heteroatoms. The number of unbranched alkanes of at least 4 members (excludes halogenated alkanes) is 1. The third kappa shape index (κ3) is 7.19. The van der Waals surface area contributed by atoms with Crippen LogP contribution in [-0.4, -0.2) is 59.1 Å². The van der Waals surface area contributed by atoms with Crippen LogP contribution >= 0.6 is 0 Å². The standard InChI is InChI=1S/C25H32BN7O2/c1-2-14-28-22-20(18-30-24(32-22)31-21-11-9-19(17-27)10-12-21)8-4-3-6-15-29-23(34)25(35)13-5-7-16-33(25)26/h9-12,18,35H,2-3,5-7,13-16,26H2,1H3,(H,29,34)(H2,28,30,31,32)/t25-/m0/s1. The summed E-state index contributed by atoms with van der Waals surface area (Å²) in [4.78, 5) is 23.1. The van der Waals surface area contributed by atoms with Crippen LogP contribution in [0.3, 0.4) is 0 Å². The lowest BCUT2D eigenvalue weighted by atomic mass is 9.94. The number of carbonyl (C=O) groups excluding carboxylic acids is 1. The largest absolute Gasteiger partial charge is 0.369 e. The molecular formula is C25H32BN7O2. The molecule has 35 heavy (non-hydrogen) atoms. The molecule has 0 unspecified atom stereocenters. The third-order valence-corrected chi connectivity index (χ3v) is 5.85. The average Bonchev–Trinajstić information content (AvgIpc) is 2.87. The molecule has 0 bridgehead atoms. The summed E-state index contributed by atoms with van der Waals surface area (Å²) in [7, 11) is 1.78. The zero-order chi connectivity index (χ0) is 25.1. The van der Waals surface area contributed by atoms with E-state index in [0.29, 0.717) is 55.2 Å². The molecule has 0 aliphatic carbocycles. The molecule has 0 saturated carbocycles. The number of nitrogens with one attached hydrogen (secondary N) is 3. The number of hydrogen-bond acceptors (Lipinski definition) is 8. The number of amides is 1. The molecule has 1 aliphatic heterocycles. The topological polar surface area (TPSA) is 126 Å². The first-order chi connectivity index (χ1) is 17.0. The van der Waals surface area contributed by atoms with Gasteiger partial charge in [0, 0.05) is 25.2 Å². The van der Waals surface area contributed by atoms with Crippen molar-refractivity contribution in [1.82, 2.24) is 20.1 Å². The predicted octanol–water partition coefficient (Wildman–Crippen LogP) is 1.88. The van der Waals surface area contributed by atoms with Crippen molar-refractivity contribution < 1.29 is 9.90 Å². The quantitative estimate of drug-likeness (QED) is 0.247. The Bertz CT molecular complexity index is 1110. The van der Waals surface area contributed by atoms with Gasteiger partial charge in [-0.1, -0.05) is 18.8 Å². The van der Waals surface area contributed by atoms with E-state index < -0.39 is 5.72 Å².